The minimum atomic E-state index is -0.278. The molecule has 0 heterocycles. The molecule has 0 aromatic carbocycles. The Labute approximate surface area is 171 Å². The fourth-order valence-electron chi connectivity index (χ4n) is 2.87. The van der Waals surface area contributed by atoms with Crippen LogP contribution in [0.2, 0.25) is 0 Å². The molecule has 28 heavy (non-hydrogen) atoms. The summed E-state index contributed by atoms with van der Waals surface area (Å²) in [5.74, 6) is -0.278. The van der Waals surface area contributed by atoms with E-state index in [2.05, 4.69) is 19.1 Å². The van der Waals surface area contributed by atoms with Crippen LogP contribution in [-0.2, 0) is 14.5 Å². The molecule has 0 fully saturated rings. The van der Waals surface area contributed by atoms with Crippen LogP contribution in [0, 0.1) is 0 Å². The van der Waals surface area contributed by atoms with E-state index >= 15 is 0 Å². The molecular weight excluding hydrogens is 358 g/mol. The molecule has 0 saturated carbocycles. The van der Waals surface area contributed by atoms with Crippen LogP contribution in [0.4, 0.5) is 0 Å². The van der Waals surface area contributed by atoms with E-state index < -0.39 is 0 Å². The Morgan fingerprint density at radius 3 is 1.71 bits per heavy atom. The van der Waals surface area contributed by atoms with Crippen molar-refractivity contribution in [2.75, 3.05) is 26.4 Å². The number of amides is 1. The lowest BCUT2D eigenvalue weighted by Crippen LogP contribution is -2.33. The predicted octanol–water partition coefficient (Wildman–Crippen LogP) is 4.70. The van der Waals surface area contributed by atoms with Crippen LogP contribution in [-0.4, -0.2) is 47.8 Å². The molecule has 6 heteroatoms. The van der Waals surface area contributed by atoms with Crippen molar-refractivity contribution in [1.82, 2.24) is 5.23 Å². The smallest absolute Gasteiger partial charge is 0.273 e. The Balaban J connectivity index is 3.51. The highest BCUT2D eigenvalue weighted by atomic mass is 17.0. The Hall–Kier alpha value is -0.950. The number of hydrogen-bond acceptors (Lipinski definition) is 5. The number of carbonyl (C=O) groups excluding carboxylic acids is 1. The maximum Gasteiger partial charge on any atom is 0.273 e. The summed E-state index contributed by atoms with van der Waals surface area (Å²) in [5, 5.41) is 18.3. The highest BCUT2D eigenvalue weighted by Crippen LogP contribution is 2.11. The van der Waals surface area contributed by atoms with Crippen LogP contribution in [0.5, 0.6) is 0 Å². The molecule has 166 valence electrons. The lowest BCUT2D eigenvalue weighted by Gasteiger charge is -2.19. The largest absolute Gasteiger partial charge is 0.394 e. The number of rotatable bonds is 21. The molecule has 0 bridgehead atoms. The highest BCUT2D eigenvalue weighted by molar-refractivity contribution is 5.73. The van der Waals surface area contributed by atoms with Gasteiger partial charge >= 0.3 is 0 Å². The maximum absolute atomic E-state index is 12.0. The molecule has 2 N–H and O–H groups in total. The van der Waals surface area contributed by atoms with Gasteiger partial charge in [0.2, 0.25) is 0 Å². The average molecular weight is 402 g/mol. The first-order chi connectivity index (χ1) is 13.8. The molecule has 0 unspecified atom stereocenters. The van der Waals surface area contributed by atoms with Crippen molar-refractivity contribution in [2.24, 2.45) is 0 Å². The number of nitrogens with zero attached hydrogens (tertiary/aromatic N) is 1. The van der Waals surface area contributed by atoms with E-state index in [9.17, 15) is 4.79 Å². The van der Waals surface area contributed by atoms with Gasteiger partial charge in [0.1, 0.15) is 13.2 Å². The first-order valence-electron chi connectivity index (χ1n) is 11.2. The molecule has 0 aromatic rings. The van der Waals surface area contributed by atoms with Crippen LogP contribution in [0.3, 0.4) is 0 Å². The van der Waals surface area contributed by atoms with Crippen molar-refractivity contribution in [3.05, 3.63) is 12.2 Å². The van der Waals surface area contributed by atoms with Gasteiger partial charge in [-0.1, -0.05) is 75.7 Å². The van der Waals surface area contributed by atoms with Gasteiger partial charge in [-0.15, -0.1) is 0 Å². The maximum atomic E-state index is 12.0. The second kappa shape index (κ2) is 22.3. The first-order valence-corrected chi connectivity index (χ1v) is 11.2. The zero-order chi connectivity index (χ0) is 20.7. The summed E-state index contributed by atoms with van der Waals surface area (Å²) in [6.07, 6.45) is 20.7. The molecule has 0 radical (unpaired) electrons. The molecule has 6 nitrogen and oxygen atoms in total. The topological polar surface area (TPSA) is 79.2 Å². The minimum Gasteiger partial charge on any atom is -0.394 e. The van der Waals surface area contributed by atoms with Gasteiger partial charge in [0.25, 0.3) is 5.91 Å². The third-order valence-corrected chi connectivity index (χ3v) is 4.46. The second-order valence-corrected chi connectivity index (χ2v) is 7.10. The summed E-state index contributed by atoms with van der Waals surface area (Å²) >= 11 is 0. The Morgan fingerprint density at radius 2 is 1.21 bits per heavy atom. The monoisotopic (exact) mass is 401 g/mol. The van der Waals surface area contributed by atoms with E-state index in [0.717, 1.165) is 30.9 Å². The van der Waals surface area contributed by atoms with Crippen LogP contribution >= 0.6 is 0 Å². The number of unbranched alkanes of at least 4 members (excludes halogenated alkanes) is 11. The van der Waals surface area contributed by atoms with Crippen LogP contribution < -0.4 is 0 Å². The van der Waals surface area contributed by atoms with Crippen molar-refractivity contribution in [2.45, 2.75) is 96.8 Å². The van der Waals surface area contributed by atoms with Crippen molar-refractivity contribution in [3.8, 4) is 0 Å². The average Bonchev–Trinajstić information content (AvgIpc) is 2.70. The lowest BCUT2D eigenvalue weighted by atomic mass is 10.1. The fraction of sp³-hybridized carbons (Fsp3) is 0.864. The van der Waals surface area contributed by atoms with Gasteiger partial charge in [-0.05, 0) is 32.1 Å². The predicted molar refractivity (Wildman–Crippen MR) is 112 cm³/mol. The van der Waals surface area contributed by atoms with Gasteiger partial charge in [0.15, 0.2) is 0 Å². The Morgan fingerprint density at radius 1 is 0.750 bits per heavy atom. The Bertz CT molecular complexity index is 355. The van der Waals surface area contributed by atoms with E-state index in [-0.39, 0.29) is 32.3 Å². The molecule has 1 amide bonds. The quantitative estimate of drug-likeness (QED) is 0.166. The van der Waals surface area contributed by atoms with E-state index in [1.807, 2.05) is 0 Å². The molecule has 0 aliphatic carbocycles. The summed E-state index contributed by atoms with van der Waals surface area (Å²) in [6, 6.07) is 0. The van der Waals surface area contributed by atoms with Gasteiger partial charge in [0.05, 0.1) is 13.2 Å². The normalized spacial score (nSPS) is 11.4. The van der Waals surface area contributed by atoms with Crippen LogP contribution in [0.25, 0.3) is 0 Å². The van der Waals surface area contributed by atoms with Crippen LogP contribution in [0.15, 0.2) is 12.2 Å². The number of hydrogen-bond donors (Lipinski definition) is 2. The van der Waals surface area contributed by atoms with Crippen molar-refractivity contribution < 1.29 is 24.7 Å². The van der Waals surface area contributed by atoms with Crippen molar-refractivity contribution in [1.29, 1.82) is 0 Å². The summed E-state index contributed by atoms with van der Waals surface area (Å²) in [7, 11) is 0. The van der Waals surface area contributed by atoms with Gasteiger partial charge in [0, 0.05) is 6.42 Å². The van der Waals surface area contributed by atoms with Crippen LogP contribution in [0.1, 0.15) is 96.8 Å². The third-order valence-electron chi connectivity index (χ3n) is 4.46. The summed E-state index contributed by atoms with van der Waals surface area (Å²) in [4.78, 5) is 22.0. The molecule has 0 spiro atoms. The summed E-state index contributed by atoms with van der Waals surface area (Å²) < 4.78 is 0. The lowest BCUT2D eigenvalue weighted by molar-refractivity contribution is -0.345. The fourth-order valence-corrected chi connectivity index (χ4v) is 2.87. The standard InChI is InChI=1S/C22H43NO5/c1-2-3-4-5-6-7-8-9-10-11-12-13-14-15-16-17-22(26)23(27-20-18-24)28-21-19-25/h9-10,24-25H,2-8,11-21H2,1H3. The molecule has 0 rings (SSSR count). The number of hydroxylamine groups is 2. The SMILES string of the molecule is CCCCCCCCC=CCCCCCCCC(=O)N(OCCO)OCCO. The number of allylic oxidation sites excluding steroid dienone is 2. The van der Waals surface area contributed by atoms with E-state index in [1.165, 1.54) is 57.8 Å². The van der Waals surface area contributed by atoms with E-state index in [0.29, 0.717) is 6.42 Å². The number of aliphatic hydroxyl groups excluding tert-OH is 2. The number of aliphatic hydroxyl groups is 2. The first kappa shape index (κ1) is 27.0. The zero-order valence-electron chi connectivity index (χ0n) is 17.9. The van der Waals surface area contributed by atoms with Crippen molar-refractivity contribution in [3.63, 3.8) is 0 Å². The molecule has 0 atom stereocenters. The van der Waals surface area contributed by atoms with E-state index in [4.69, 9.17) is 19.9 Å². The van der Waals surface area contributed by atoms with Gasteiger partial charge in [-0.2, -0.15) is 0 Å². The van der Waals surface area contributed by atoms with Crippen molar-refractivity contribution >= 4 is 5.91 Å². The summed E-state index contributed by atoms with van der Waals surface area (Å²) in [6.45, 7) is 1.84. The van der Waals surface area contributed by atoms with Gasteiger partial charge < -0.3 is 10.2 Å². The summed E-state index contributed by atoms with van der Waals surface area (Å²) in [5.41, 5.74) is 0. The van der Waals surface area contributed by atoms with Gasteiger partial charge in [-0.25, -0.2) is 9.68 Å². The highest BCUT2D eigenvalue weighted by Gasteiger charge is 2.14. The van der Waals surface area contributed by atoms with E-state index in [1.54, 1.807) is 0 Å². The minimum absolute atomic E-state index is 0.0104. The zero-order valence-corrected chi connectivity index (χ0v) is 17.9. The molecule has 0 aliphatic heterocycles. The molecular formula is C22H43NO5. The molecule has 0 saturated heterocycles. The second-order valence-electron chi connectivity index (χ2n) is 7.10. The Kier molecular flexibility index (Phi) is 21.6. The number of carbonyl (C=O) groups is 1. The van der Waals surface area contributed by atoms with Gasteiger partial charge in [-0.3, -0.25) is 4.79 Å². The third kappa shape index (κ3) is 18.4. The molecule has 0 aromatic heterocycles. The molecule has 0 aliphatic rings.